The Labute approximate surface area is 111 Å². The third-order valence-corrected chi connectivity index (χ3v) is 2.79. The van der Waals surface area contributed by atoms with E-state index in [2.05, 4.69) is 10.2 Å². The van der Waals surface area contributed by atoms with Gasteiger partial charge in [-0.3, -0.25) is 9.36 Å². The molecule has 0 spiro atoms. The molecule has 0 saturated heterocycles. The van der Waals surface area contributed by atoms with Crippen LogP contribution in [0, 0.1) is 6.92 Å². The summed E-state index contributed by atoms with van der Waals surface area (Å²) in [7, 11) is 1.80. The summed E-state index contributed by atoms with van der Waals surface area (Å²) in [6.07, 6.45) is 3.44. The lowest BCUT2D eigenvalue weighted by atomic mass is 10.3. The van der Waals surface area contributed by atoms with E-state index in [0.29, 0.717) is 23.6 Å². The zero-order chi connectivity index (χ0) is 14.0. The Balaban J connectivity index is 2.12. The molecule has 0 saturated carbocycles. The Bertz CT molecular complexity index is 599. The first-order chi connectivity index (χ1) is 9.02. The Morgan fingerprint density at radius 3 is 2.84 bits per heavy atom. The Morgan fingerprint density at radius 1 is 1.53 bits per heavy atom. The van der Waals surface area contributed by atoms with E-state index in [0.717, 1.165) is 5.56 Å². The van der Waals surface area contributed by atoms with Gasteiger partial charge >= 0.3 is 5.97 Å². The molecule has 0 aromatic carbocycles. The summed E-state index contributed by atoms with van der Waals surface area (Å²) in [6.45, 7) is 4.39. The van der Waals surface area contributed by atoms with Gasteiger partial charge in [0.15, 0.2) is 5.69 Å². The number of carbonyl (C=O) groups is 1. The Kier molecular flexibility index (Phi) is 3.55. The highest BCUT2D eigenvalue weighted by atomic mass is 16.5. The van der Waals surface area contributed by atoms with E-state index in [-0.39, 0.29) is 6.61 Å². The standard InChI is InChI=1S/C12H17N5O2/c1-4-17-11(10(13)8(2)15-17)12(18)19-7-9-5-14-16(3)6-9/h5-6H,4,7,13H2,1-3H3. The van der Waals surface area contributed by atoms with Crippen LogP contribution in [0.2, 0.25) is 0 Å². The molecule has 2 rings (SSSR count). The monoisotopic (exact) mass is 263 g/mol. The lowest BCUT2D eigenvalue weighted by Crippen LogP contribution is -2.14. The van der Waals surface area contributed by atoms with Gasteiger partial charge in [-0.2, -0.15) is 10.2 Å². The van der Waals surface area contributed by atoms with E-state index < -0.39 is 5.97 Å². The molecule has 2 aromatic heterocycles. The summed E-state index contributed by atoms with van der Waals surface area (Å²) in [5.41, 5.74) is 8.00. The van der Waals surface area contributed by atoms with Gasteiger partial charge in [-0.15, -0.1) is 0 Å². The average molecular weight is 263 g/mol. The molecule has 7 nitrogen and oxygen atoms in total. The van der Waals surface area contributed by atoms with Gasteiger partial charge in [0.05, 0.1) is 17.6 Å². The molecule has 0 unspecified atom stereocenters. The van der Waals surface area contributed by atoms with Crippen molar-refractivity contribution in [3.8, 4) is 0 Å². The van der Waals surface area contributed by atoms with Crippen LogP contribution in [0.1, 0.15) is 28.7 Å². The van der Waals surface area contributed by atoms with Crippen molar-refractivity contribution in [1.29, 1.82) is 0 Å². The molecule has 0 aliphatic carbocycles. The Hall–Kier alpha value is -2.31. The second kappa shape index (κ2) is 5.13. The third-order valence-electron chi connectivity index (χ3n) is 2.79. The normalized spacial score (nSPS) is 10.7. The van der Waals surface area contributed by atoms with Crippen LogP contribution in [-0.2, 0) is 24.9 Å². The minimum atomic E-state index is -0.469. The molecule has 0 atom stereocenters. The maximum Gasteiger partial charge on any atom is 0.359 e. The van der Waals surface area contributed by atoms with Crippen LogP contribution < -0.4 is 5.73 Å². The van der Waals surface area contributed by atoms with Crippen molar-refractivity contribution in [2.24, 2.45) is 7.05 Å². The van der Waals surface area contributed by atoms with Crippen molar-refractivity contribution in [1.82, 2.24) is 19.6 Å². The summed E-state index contributed by atoms with van der Waals surface area (Å²) in [6, 6.07) is 0. The minimum absolute atomic E-state index is 0.167. The van der Waals surface area contributed by atoms with E-state index in [1.165, 1.54) is 0 Å². The smallest absolute Gasteiger partial charge is 0.359 e. The highest BCUT2D eigenvalue weighted by Gasteiger charge is 2.20. The fourth-order valence-electron chi connectivity index (χ4n) is 1.80. The predicted molar refractivity (Wildman–Crippen MR) is 69.4 cm³/mol. The lowest BCUT2D eigenvalue weighted by Gasteiger charge is -2.06. The number of anilines is 1. The SMILES string of the molecule is CCn1nc(C)c(N)c1C(=O)OCc1cnn(C)c1. The van der Waals surface area contributed by atoms with Crippen molar-refractivity contribution in [3.05, 3.63) is 29.3 Å². The fraction of sp³-hybridized carbons (Fsp3) is 0.417. The topological polar surface area (TPSA) is 88.0 Å². The second-order valence-electron chi connectivity index (χ2n) is 4.26. The van der Waals surface area contributed by atoms with E-state index in [1.807, 2.05) is 6.92 Å². The minimum Gasteiger partial charge on any atom is -0.456 e. The van der Waals surface area contributed by atoms with Crippen LogP contribution in [-0.4, -0.2) is 25.5 Å². The number of hydrogen-bond donors (Lipinski definition) is 1. The number of nitrogen functional groups attached to an aromatic ring is 1. The van der Waals surface area contributed by atoms with Gasteiger partial charge in [0.2, 0.25) is 0 Å². The van der Waals surface area contributed by atoms with Crippen molar-refractivity contribution in [3.63, 3.8) is 0 Å². The fourth-order valence-corrected chi connectivity index (χ4v) is 1.80. The molecule has 0 aliphatic rings. The van der Waals surface area contributed by atoms with E-state index in [4.69, 9.17) is 10.5 Å². The zero-order valence-electron chi connectivity index (χ0n) is 11.3. The highest BCUT2D eigenvalue weighted by molar-refractivity contribution is 5.93. The molecule has 0 aliphatic heterocycles. The Morgan fingerprint density at radius 2 is 2.26 bits per heavy atom. The van der Waals surface area contributed by atoms with Gasteiger partial charge in [-0.05, 0) is 13.8 Å². The maximum atomic E-state index is 12.0. The van der Waals surface area contributed by atoms with E-state index >= 15 is 0 Å². The predicted octanol–water partition coefficient (Wildman–Crippen LogP) is 0.884. The van der Waals surface area contributed by atoms with E-state index in [1.54, 1.807) is 35.7 Å². The number of nitrogens with two attached hydrogens (primary N) is 1. The van der Waals surface area contributed by atoms with Gasteiger partial charge < -0.3 is 10.5 Å². The van der Waals surface area contributed by atoms with Crippen molar-refractivity contribution in [2.45, 2.75) is 27.0 Å². The van der Waals surface area contributed by atoms with Crippen LogP contribution in [0.15, 0.2) is 12.4 Å². The molecule has 19 heavy (non-hydrogen) atoms. The lowest BCUT2D eigenvalue weighted by molar-refractivity contribution is 0.0459. The number of rotatable bonds is 4. The highest BCUT2D eigenvalue weighted by Crippen LogP contribution is 2.18. The van der Waals surface area contributed by atoms with Crippen molar-refractivity contribution in [2.75, 3.05) is 5.73 Å². The quantitative estimate of drug-likeness (QED) is 0.827. The summed E-state index contributed by atoms with van der Waals surface area (Å²) in [4.78, 5) is 12.0. The number of hydrogen-bond acceptors (Lipinski definition) is 5. The number of carbonyl (C=O) groups excluding carboxylic acids is 1. The molecule has 7 heteroatoms. The maximum absolute atomic E-state index is 12.0. The number of aryl methyl sites for hydroxylation is 3. The van der Waals surface area contributed by atoms with Crippen LogP contribution in [0.25, 0.3) is 0 Å². The first-order valence-corrected chi connectivity index (χ1v) is 6.00. The molecule has 0 amide bonds. The van der Waals surface area contributed by atoms with Gasteiger partial charge in [-0.25, -0.2) is 4.79 Å². The first kappa shape index (κ1) is 13.1. The van der Waals surface area contributed by atoms with Crippen LogP contribution in [0.5, 0.6) is 0 Å². The van der Waals surface area contributed by atoms with Crippen LogP contribution >= 0.6 is 0 Å². The van der Waals surface area contributed by atoms with E-state index in [9.17, 15) is 4.79 Å². The summed E-state index contributed by atoms with van der Waals surface area (Å²) >= 11 is 0. The summed E-state index contributed by atoms with van der Waals surface area (Å²) in [5, 5.41) is 8.19. The number of esters is 1. The average Bonchev–Trinajstić information content (AvgIpc) is 2.92. The molecular weight excluding hydrogens is 246 g/mol. The summed E-state index contributed by atoms with van der Waals surface area (Å²) < 4.78 is 8.43. The second-order valence-corrected chi connectivity index (χ2v) is 4.26. The molecule has 0 bridgehead atoms. The molecule has 2 N–H and O–H groups in total. The molecule has 102 valence electrons. The molecule has 0 radical (unpaired) electrons. The molecule has 2 aromatic rings. The zero-order valence-corrected chi connectivity index (χ0v) is 11.3. The van der Waals surface area contributed by atoms with Crippen molar-refractivity contribution < 1.29 is 9.53 Å². The first-order valence-electron chi connectivity index (χ1n) is 6.00. The molecule has 0 fully saturated rings. The summed E-state index contributed by atoms with van der Waals surface area (Å²) in [5.74, 6) is -0.469. The number of ether oxygens (including phenoxy) is 1. The van der Waals surface area contributed by atoms with Crippen LogP contribution in [0.4, 0.5) is 5.69 Å². The molecule has 2 heterocycles. The van der Waals surface area contributed by atoms with Gasteiger partial charge in [0.25, 0.3) is 0 Å². The van der Waals surface area contributed by atoms with Crippen LogP contribution in [0.3, 0.4) is 0 Å². The number of nitrogens with zero attached hydrogens (tertiary/aromatic N) is 4. The largest absolute Gasteiger partial charge is 0.456 e. The van der Waals surface area contributed by atoms with Gasteiger partial charge in [-0.1, -0.05) is 0 Å². The third kappa shape index (κ3) is 2.59. The molecular formula is C12H17N5O2. The van der Waals surface area contributed by atoms with Gasteiger partial charge in [0, 0.05) is 25.4 Å². The van der Waals surface area contributed by atoms with Gasteiger partial charge in [0.1, 0.15) is 6.61 Å². The van der Waals surface area contributed by atoms with Crippen molar-refractivity contribution >= 4 is 11.7 Å². The number of aromatic nitrogens is 4.